The molecule has 0 aromatic heterocycles. The van der Waals surface area contributed by atoms with Gasteiger partial charge in [0.05, 0.1) is 7.11 Å². The number of piperazine rings is 1. The lowest BCUT2D eigenvalue weighted by Crippen LogP contribution is -2.54. The lowest BCUT2D eigenvalue weighted by atomic mass is 10.1. The van der Waals surface area contributed by atoms with Crippen molar-refractivity contribution in [3.63, 3.8) is 0 Å². The molecule has 0 radical (unpaired) electrons. The van der Waals surface area contributed by atoms with Gasteiger partial charge in [-0.2, -0.15) is 0 Å². The first kappa shape index (κ1) is 16.6. The lowest BCUT2D eigenvalue weighted by Gasteiger charge is -2.38. The third kappa shape index (κ3) is 3.32. The molecule has 0 bridgehead atoms. The van der Waals surface area contributed by atoms with Gasteiger partial charge in [-0.25, -0.2) is 0 Å². The molecule has 1 aromatic carbocycles. The third-order valence-corrected chi connectivity index (χ3v) is 4.97. The summed E-state index contributed by atoms with van der Waals surface area (Å²) in [5.74, 6) is 0.956. The molecular formula is C18H25N3O3. The molecule has 2 aliphatic rings. The van der Waals surface area contributed by atoms with Crippen molar-refractivity contribution in [2.24, 2.45) is 0 Å². The van der Waals surface area contributed by atoms with Crippen molar-refractivity contribution in [3.8, 4) is 5.75 Å². The van der Waals surface area contributed by atoms with Crippen molar-refractivity contribution in [1.29, 1.82) is 0 Å². The zero-order valence-electron chi connectivity index (χ0n) is 14.4. The Labute approximate surface area is 143 Å². The minimum Gasteiger partial charge on any atom is -0.497 e. The van der Waals surface area contributed by atoms with E-state index in [2.05, 4.69) is 4.90 Å². The summed E-state index contributed by atoms with van der Waals surface area (Å²) in [6.07, 6.45) is 1.71. The number of amides is 2. The highest BCUT2D eigenvalue weighted by atomic mass is 16.5. The van der Waals surface area contributed by atoms with Crippen LogP contribution in [0.3, 0.4) is 0 Å². The van der Waals surface area contributed by atoms with Crippen molar-refractivity contribution in [2.45, 2.75) is 25.8 Å². The van der Waals surface area contributed by atoms with Crippen molar-refractivity contribution < 1.29 is 14.3 Å². The van der Waals surface area contributed by atoms with E-state index in [0.29, 0.717) is 19.6 Å². The van der Waals surface area contributed by atoms with Gasteiger partial charge in [-0.3, -0.25) is 9.59 Å². The van der Waals surface area contributed by atoms with Gasteiger partial charge >= 0.3 is 0 Å². The van der Waals surface area contributed by atoms with E-state index in [1.165, 1.54) is 0 Å². The quantitative estimate of drug-likeness (QED) is 0.839. The standard InChI is InChI=1S/C18H25N3O3/c1-14(22)21-9-3-4-17(21)18(23)20-12-10-19(11-13-20)15-5-7-16(24-2)8-6-15/h5-8,17H,3-4,9-13H2,1-2H3. The maximum atomic E-state index is 12.7. The summed E-state index contributed by atoms with van der Waals surface area (Å²) in [5.41, 5.74) is 1.15. The predicted octanol–water partition coefficient (Wildman–Crippen LogP) is 1.35. The summed E-state index contributed by atoms with van der Waals surface area (Å²) in [6.45, 7) is 5.28. The minimum absolute atomic E-state index is 0.00252. The van der Waals surface area contributed by atoms with Crippen LogP contribution in [-0.2, 0) is 9.59 Å². The van der Waals surface area contributed by atoms with Crippen molar-refractivity contribution in [2.75, 3.05) is 44.7 Å². The maximum absolute atomic E-state index is 12.7. The van der Waals surface area contributed by atoms with E-state index in [-0.39, 0.29) is 17.9 Å². The van der Waals surface area contributed by atoms with Crippen LogP contribution in [-0.4, -0.2) is 67.5 Å². The topological polar surface area (TPSA) is 53.1 Å². The normalized spacial score (nSPS) is 21.1. The summed E-state index contributed by atoms with van der Waals surface area (Å²) in [6, 6.07) is 7.75. The van der Waals surface area contributed by atoms with Gasteiger partial charge in [0, 0.05) is 45.3 Å². The van der Waals surface area contributed by atoms with Gasteiger partial charge in [-0.1, -0.05) is 0 Å². The maximum Gasteiger partial charge on any atom is 0.245 e. The molecule has 0 aliphatic carbocycles. The van der Waals surface area contributed by atoms with Gasteiger partial charge in [0.1, 0.15) is 11.8 Å². The van der Waals surface area contributed by atoms with Crippen LogP contribution < -0.4 is 9.64 Å². The number of hydrogen-bond acceptors (Lipinski definition) is 4. The van der Waals surface area contributed by atoms with E-state index in [9.17, 15) is 9.59 Å². The number of benzene rings is 1. The lowest BCUT2D eigenvalue weighted by molar-refractivity contribution is -0.143. The molecule has 0 saturated carbocycles. The summed E-state index contributed by atoms with van der Waals surface area (Å²) in [4.78, 5) is 30.3. The van der Waals surface area contributed by atoms with Crippen LogP contribution in [0.15, 0.2) is 24.3 Å². The number of hydrogen-bond donors (Lipinski definition) is 0. The Morgan fingerprint density at radius 2 is 1.71 bits per heavy atom. The van der Waals surface area contributed by atoms with Gasteiger partial charge in [-0.15, -0.1) is 0 Å². The molecule has 2 heterocycles. The number of carbonyl (C=O) groups is 2. The van der Waals surface area contributed by atoms with Crippen molar-refractivity contribution >= 4 is 17.5 Å². The van der Waals surface area contributed by atoms with Crippen molar-refractivity contribution in [3.05, 3.63) is 24.3 Å². The Morgan fingerprint density at radius 3 is 2.29 bits per heavy atom. The van der Waals surface area contributed by atoms with E-state index in [0.717, 1.165) is 37.4 Å². The molecule has 3 rings (SSSR count). The Bertz CT molecular complexity index is 594. The Hall–Kier alpha value is -2.24. The fourth-order valence-corrected chi connectivity index (χ4v) is 3.59. The van der Waals surface area contributed by atoms with E-state index in [1.54, 1.807) is 18.9 Å². The number of likely N-dealkylation sites (tertiary alicyclic amines) is 1. The van der Waals surface area contributed by atoms with E-state index >= 15 is 0 Å². The first-order chi connectivity index (χ1) is 11.6. The smallest absolute Gasteiger partial charge is 0.245 e. The fraction of sp³-hybridized carbons (Fsp3) is 0.556. The highest BCUT2D eigenvalue weighted by molar-refractivity contribution is 5.87. The SMILES string of the molecule is COc1ccc(N2CCN(C(=O)C3CCCN3C(C)=O)CC2)cc1. The Morgan fingerprint density at radius 1 is 1.04 bits per heavy atom. The molecule has 6 heteroatoms. The van der Waals surface area contributed by atoms with Crippen LogP contribution >= 0.6 is 0 Å². The molecule has 24 heavy (non-hydrogen) atoms. The monoisotopic (exact) mass is 331 g/mol. The third-order valence-electron chi connectivity index (χ3n) is 4.97. The van der Waals surface area contributed by atoms with Gasteiger partial charge in [0.2, 0.25) is 11.8 Å². The molecule has 1 atom stereocenters. The largest absolute Gasteiger partial charge is 0.497 e. The van der Waals surface area contributed by atoms with E-state index in [1.807, 2.05) is 29.2 Å². The predicted molar refractivity (Wildman–Crippen MR) is 92.2 cm³/mol. The number of nitrogens with zero attached hydrogens (tertiary/aromatic N) is 3. The molecular weight excluding hydrogens is 306 g/mol. The summed E-state index contributed by atoms with van der Waals surface area (Å²) in [7, 11) is 1.66. The molecule has 0 spiro atoms. The highest BCUT2D eigenvalue weighted by Crippen LogP contribution is 2.23. The molecule has 2 amide bonds. The van der Waals surface area contributed by atoms with Gasteiger partial charge < -0.3 is 19.4 Å². The summed E-state index contributed by atoms with van der Waals surface area (Å²) < 4.78 is 5.19. The van der Waals surface area contributed by atoms with Crippen LogP contribution in [0.25, 0.3) is 0 Å². The second kappa shape index (κ2) is 7.11. The number of anilines is 1. The van der Waals surface area contributed by atoms with E-state index < -0.39 is 0 Å². The molecule has 2 saturated heterocycles. The minimum atomic E-state index is -0.255. The van der Waals surface area contributed by atoms with Crippen LogP contribution in [0.2, 0.25) is 0 Å². The number of carbonyl (C=O) groups excluding carboxylic acids is 2. The second-order valence-electron chi connectivity index (χ2n) is 6.38. The summed E-state index contributed by atoms with van der Waals surface area (Å²) >= 11 is 0. The fourth-order valence-electron chi connectivity index (χ4n) is 3.59. The molecule has 2 fully saturated rings. The van der Waals surface area contributed by atoms with Crippen LogP contribution in [0, 0.1) is 0 Å². The highest BCUT2D eigenvalue weighted by Gasteiger charge is 2.36. The number of ether oxygens (including phenoxy) is 1. The average Bonchev–Trinajstić information content (AvgIpc) is 3.11. The first-order valence-corrected chi connectivity index (χ1v) is 8.55. The molecule has 6 nitrogen and oxygen atoms in total. The summed E-state index contributed by atoms with van der Waals surface area (Å²) in [5, 5.41) is 0. The zero-order valence-corrected chi connectivity index (χ0v) is 14.4. The molecule has 130 valence electrons. The Kier molecular flexibility index (Phi) is 4.92. The number of methoxy groups -OCH3 is 1. The number of rotatable bonds is 3. The van der Waals surface area contributed by atoms with Crippen molar-refractivity contribution in [1.82, 2.24) is 9.80 Å². The van der Waals surface area contributed by atoms with E-state index in [4.69, 9.17) is 4.74 Å². The van der Waals surface area contributed by atoms with Crippen LogP contribution in [0.4, 0.5) is 5.69 Å². The van der Waals surface area contributed by atoms with Crippen LogP contribution in [0.5, 0.6) is 5.75 Å². The van der Waals surface area contributed by atoms with Gasteiger partial charge in [0.15, 0.2) is 0 Å². The molecule has 1 unspecified atom stereocenters. The first-order valence-electron chi connectivity index (χ1n) is 8.55. The zero-order chi connectivity index (χ0) is 17.1. The molecule has 2 aliphatic heterocycles. The Balaban J connectivity index is 1.58. The molecule has 0 N–H and O–H groups in total. The van der Waals surface area contributed by atoms with Crippen LogP contribution in [0.1, 0.15) is 19.8 Å². The van der Waals surface area contributed by atoms with Gasteiger partial charge in [-0.05, 0) is 37.1 Å². The average molecular weight is 331 g/mol. The van der Waals surface area contributed by atoms with Gasteiger partial charge in [0.25, 0.3) is 0 Å². The molecule has 1 aromatic rings. The second-order valence-corrected chi connectivity index (χ2v) is 6.38.